The van der Waals surface area contributed by atoms with E-state index in [0.29, 0.717) is 5.75 Å². The van der Waals surface area contributed by atoms with Gasteiger partial charge in [0, 0.05) is 4.88 Å². The summed E-state index contributed by atoms with van der Waals surface area (Å²) in [5.74, 6) is 0.408. The molecular weight excluding hydrogens is 374 g/mol. The maximum atomic E-state index is 12.5. The molecule has 2 heterocycles. The number of tetrazole rings is 1. The van der Waals surface area contributed by atoms with Crippen LogP contribution in [-0.2, 0) is 4.79 Å². The van der Waals surface area contributed by atoms with Gasteiger partial charge >= 0.3 is 0 Å². The second-order valence-electron chi connectivity index (χ2n) is 5.96. The fraction of sp³-hybridized carbons (Fsp3) is 0.100. The van der Waals surface area contributed by atoms with Gasteiger partial charge in [-0.1, -0.05) is 36.4 Å². The van der Waals surface area contributed by atoms with Gasteiger partial charge in [-0.2, -0.15) is 0 Å². The van der Waals surface area contributed by atoms with Gasteiger partial charge in [-0.25, -0.2) is 4.68 Å². The maximum Gasteiger partial charge on any atom is 0.258 e. The molecule has 28 heavy (non-hydrogen) atoms. The lowest BCUT2D eigenvalue weighted by Crippen LogP contribution is -2.32. The van der Waals surface area contributed by atoms with E-state index in [1.54, 1.807) is 28.2 Å². The van der Waals surface area contributed by atoms with Gasteiger partial charge in [-0.3, -0.25) is 4.79 Å². The van der Waals surface area contributed by atoms with Gasteiger partial charge in [0.05, 0.1) is 11.7 Å². The molecule has 2 aromatic heterocycles. The van der Waals surface area contributed by atoms with Crippen LogP contribution in [0.15, 0.2) is 78.4 Å². The zero-order chi connectivity index (χ0) is 19.2. The second-order valence-corrected chi connectivity index (χ2v) is 6.94. The van der Waals surface area contributed by atoms with Crippen LogP contribution >= 0.6 is 11.3 Å². The average Bonchev–Trinajstić information content (AvgIpc) is 3.46. The third-order valence-corrected chi connectivity index (χ3v) is 5.02. The molecule has 0 aliphatic rings. The number of hydrogen-bond donors (Lipinski definition) is 1. The Labute approximate surface area is 165 Å². The van der Waals surface area contributed by atoms with Gasteiger partial charge in [0.25, 0.3) is 5.91 Å². The molecule has 0 saturated heterocycles. The Morgan fingerprint density at radius 3 is 2.57 bits per heavy atom. The number of hydrogen-bond acceptors (Lipinski definition) is 6. The van der Waals surface area contributed by atoms with Crippen LogP contribution in [0.1, 0.15) is 16.5 Å². The van der Waals surface area contributed by atoms with Crippen LogP contribution in [-0.4, -0.2) is 32.7 Å². The van der Waals surface area contributed by atoms with E-state index >= 15 is 0 Å². The maximum absolute atomic E-state index is 12.5. The minimum Gasteiger partial charge on any atom is -0.484 e. The highest BCUT2D eigenvalue weighted by atomic mass is 32.1. The van der Waals surface area contributed by atoms with Crippen molar-refractivity contribution in [2.24, 2.45) is 0 Å². The molecule has 1 amide bonds. The molecule has 0 spiro atoms. The van der Waals surface area contributed by atoms with Crippen molar-refractivity contribution < 1.29 is 9.53 Å². The van der Waals surface area contributed by atoms with Crippen molar-refractivity contribution in [2.45, 2.75) is 6.04 Å². The monoisotopic (exact) mass is 391 g/mol. The normalized spacial score (nSPS) is 11.7. The Kier molecular flexibility index (Phi) is 5.39. The van der Waals surface area contributed by atoms with Crippen molar-refractivity contribution in [1.29, 1.82) is 0 Å². The van der Waals surface area contributed by atoms with E-state index in [9.17, 15) is 4.79 Å². The Balaban J connectivity index is 1.39. The summed E-state index contributed by atoms with van der Waals surface area (Å²) >= 11 is 1.61. The van der Waals surface area contributed by atoms with E-state index in [2.05, 4.69) is 20.8 Å². The van der Waals surface area contributed by atoms with E-state index < -0.39 is 0 Å². The van der Waals surface area contributed by atoms with E-state index in [0.717, 1.165) is 16.1 Å². The zero-order valence-electron chi connectivity index (χ0n) is 14.8. The summed E-state index contributed by atoms with van der Waals surface area (Å²) in [6, 6.07) is 20.9. The van der Waals surface area contributed by atoms with Crippen molar-refractivity contribution in [1.82, 2.24) is 25.5 Å². The van der Waals surface area contributed by atoms with Crippen LogP contribution in [0.2, 0.25) is 0 Å². The first-order chi connectivity index (χ1) is 13.8. The van der Waals surface area contributed by atoms with Gasteiger partial charge in [-0.15, -0.1) is 16.4 Å². The summed E-state index contributed by atoms with van der Waals surface area (Å²) in [4.78, 5) is 13.6. The average molecular weight is 391 g/mol. The van der Waals surface area contributed by atoms with E-state index in [-0.39, 0.29) is 18.6 Å². The largest absolute Gasteiger partial charge is 0.484 e. The number of carbonyl (C=O) groups excluding carboxylic acids is 1. The number of thiophene rings is 1. The third-order valence-electron chi connectivity index (χ3n) is 4.09. The molecule has 8 heteroatoms. The van der Waals surface area contributed by atoms with Gasteiger partial charge in [0.2, 0.25) is 0 Å². The summed E-state index contributed by atoms with van der Waals surface area (Å²) in [5.41, 5.74) is 1.84. The first-order valence-corrected chi connectivity index (χ1v) is 9.51. The molecule has 4 rings (SSSR count). The number of aromatic nitrogens is 4. The van der Waals surface area contributed by atoms with Crippen LogP contribution in [0.4, 0.5) is 0 Å². The fourth-order valence-corrected chi connectivity index (χ4v) is 3.55. The highest BCUT2D eigenvalue weighted by Crippen LogP contribution is 2.25. The summed E-state index contributed by atoms with van der Waals surface area (Å²) in [7, 11) is 0. The predicted octanol–water partition coefficient (Wildman–Crippen LogP) is 3.01. The van der Waals surface area contributed by atoms with E-state index in [1.807, 2.05) is 60.0 Å². The lowest BCUT2D eigenvalue weighted by atomic mass is 10.1. The SMILES string of the molecule is O=C(COc1ccc(-n2cnnn2)cc1)N[C@H](c1ccccc1)c1cccs1. The van der Waals surface area contributed by atoms with Crippen molar-refractivity contribution >= 4 is 17.2 Å². The Morgan fingerprint density at radius 1 is 1.07 bits per heavy atom. The molecule has 0 unspecified atom stereocenters. The first kappa shape index (κ1) is 17.9. The fourth-order valence-electron chi connectivity index (χ4n) is 2.75. The quantitative estimate of drug-likeness (QED) is 0.524. The highest BCUT2D eigenvalue weighted by Gasteiger charge is 2.18. The summed E-state index contributed by atoms with van der Waals surface area (Å²) < 4.78 is 7.17. The lowest BCUT2D eigenvalue weighted by Gasteiger charge is -2.18. The van der Waals surface area contributed by atoms with Crippen molar-refractivity contribution in [3.05, 3.63) is 88.9 Å². The molecule has 0 radical (unpaired) electrons. The van der Waals surface area contributed by atoms with Crippen molar-refractivity contribution in [2.75, 3.05) is 6.61 Å². The molecule has 0 fully saturated rings. The smallest absolute Gasteiger partial charge is 0.258 e. The number of ether oxygens (including phenoxy) is 1. The Hall–Kier alpha value is -3.52. The molecule has 7 nitrogen and oxygen atoms in total. The van der Waals surface area contributed by atoms with Gasteiger partial charge in [-0.05, 0) is 51.7 Å². The number of nitrogens with zero attached hydrogens (tertiary/aromatic N) is 4. The molecular formula is C20H17N5O2S. The number of amides is 1. The second kappa shape index (κ2) is 8.45. The van der Waals surface area contributed by atoms with Crippen LogP contribution in [0.25, 0.3) is 5.69 Å². The zero-order valence-corrected chi connectivity index (χ0v) is 15.6. The molecule has 1 N–H and O–H groups in total. The Morgan fingerprint density at radius 2 is 1.89 bits per heavy atom. The van der Waals surface area contributed by atoms with Crippen LogP contribution in [0.5, 0.6) is 5.75 Å². The Bertz CT molecular complexity index is 1000. The van der Waals surface area contributed by atoms with Crippen molar-refractivity contribution in [3.63, 3.8) is 0 Å². The van der Waals surface area contributed by atoms with E-state index in [1.165, 1.54) is 6.33 Å². The van der Waals surface area contributed by atoms with Gasteiger partial charge in [0.15, 0.2) is 6.61 Å². The van der Waals surface area contributed by atoms with Crippen molar-refractivity contribution in [3.8, 4) is 11.4 Å². The molecule has 1 atom stereocenters. The molecule has 4 aromatic rings. The first-order valence-electron chi connectivity index (χ1n) is 8.63. The van der Waals surface area contributed by atoms with Crippen LogP contribution in [0.3, 0.4) is 0 Å². The molecule has 0 aliphatic carbocycles. The molecule has 2 aromatic carbocycles. The summed E-state index contributed by atoms with van der Waals surface area (Å²) in [6.45, 7) is -0.0705. The highest BCUT2D eigenvalue weighted by molar-refractivity contribution is 7.10. The predicted molar refractivity (Wildman–Crippen MR) is 105 cm³/mol. The number of benzene rings is 2. The topological polar surface area (TPSA) is 81.9 Å². The number of carbonyl (C=O) groups is 1. The summed E-state index contributed by atoms with van der Waals surface area (Å²) in [5, 5.41) is 16.1. The van der Waals surface area contributed by atoms with Gasteiger partial charge in [0.1, 0.15) is 12.1 Å². The minimum absolute atomic E-state index is 0.0705. The molecule has 140 valence electrons. The standard InChI is InChI=1S/C20H17N5O2S/c26-19(13-27-17-10-8-16(9-11-17)25-14-21-23-24-25)22-20(18-7-4-12-28-18)15-5-2-1-3-6-15/h1-12,14,20H,13H2,(H,22,26)/t20-/m1/s1. The van der Waals surface area contributed by atoms with Gasteiger partial charge < -0.3 is 10.1 Å². The van der Waals surface area contributed by atoms with Crippen LogP contribution < -0.4 is 10.1 Å². The molecule has 0 aliphatic heterocycles. The number of rotatable bonds is 7. The van der Waals surface area contributed by atoms with Crippen LogP contribution in [0, 0.1) is 0 Å². The minimum atomic E-state index is -0.195. The summed E-state index contributed by atoms with van der Waals surface area (Å²) in [6.07, 6.45) is 1.51. The third kappa shape index (κ3) is 4.24. The molecule has 0 saturated carbocycles. The lowest BCUT2D eigenvalue weighted by molar-refractivity contribution is -0.123. The number of nitrogens with one attached hydrogen (secondary N) is 1. The van der Waals surface area contributed by atoms with E-state index in [4.69, 9.17) is 4.74 Å². The molecule has 0 bridgehead atoms.